The van der Waals surface area contributed by atoms with Gasteiger partial charge in [0.25, 0.3) is 0 Å². The second-order valence-electron chi connectivity index (χ2n) is 13.3. The summed E-state index contributed by atoms with van der Waals surface area (Å²) in [6.07, 6.45) is 8.18. The molecule has 4 heteroatoms. The fraction of sp³-hybridized carbons (Fsp3) is 0.767. The number of nitrogens with zero attached hydrogens (tertiary/aromatic N) is 1. The van der Waals surface area contributed by atoms with Crippen LogP contribution in [0, 0.1) is 28.6 Å². The van der Waals surface area contributed by atoms with Crippen LogP contribution in [0.4, 0.5) is 4.79 Å². The molecule has 2 heterocycles. The maximum Gasteiger partial charge on any atom is 0.410 e. The number of piperidine rings is 2. The first kappa shape index (κ1) is 27.0. The van der Waals surface area contributed by atoms with Gasteiger partial charge in [0.15, 0.2) is 0 Å². The van der Waals surface area contributed by atoms with Gasteiger partial charge in [-0.25, -0.2) is 4.79 Å². The predicted octanol–water partition coefficient (Wildman–Crippen LogP) is 7.28. The van der Waals surface area contributed by atoms with Crippen LogP contribution in [0.1, 0.15) is 92.1 Å². The van der Waals surface area contributed by atoms with Crippen LogP contribution in [-0.2, 0) is 11.3 Å². The van der Waals surface area contributed by atoms with Gasteiger partial charge in [-0.3, -0.25) is 0 Å². The average Bonchev–Trinajstić information content (AvgIpc) is 2.77. The van der Waals surface area contributed by atoms with Gasteiger partial charge in [-0.15, -0.1) is 0 Å². The van der Waals surface area contributed by atoms with Crippen molar-refractivity contribution in [3.8, 4) is 0 Å². The first-order valence-electron chi connectivity index (χ1n) is 13.7. The Labute approximate surface area is 209 Å². The van der Waals surface area contributed by atoms with E-state index in [2.05, 4.69) is 51.8 Å². The number of ether oxygens (including phenoxy) is 1. The van der Waals surface area contributed by atoms with Crippen LogP contribution >= 0.6 is 0 Å². The van der Waals surface area contributed by atoms with Crippen molar-refractivity contribution in [1.82, 2.24) is 10.2 Å². The molecule has 2 aliphatic rings. The molecule has 4 nitrogen and oxygen atoms in total. The summed E-state index contributed by atoms with van der Waals surface area (Å²) in [4.78, 5) is 15.6. The number of benzene rings is 1. The largest absolute Gasteiger partial charge is 0.445 e. The van der Waals surface area contributed by atoms with Crippen molar-refractivity contribution in [2.24, 2.45) is 28.6 Å². The molecule has 3 unspecified atom stereocenters. The summed E-state index contributed by atoms with van der Waals surface area (Å²) in [7, 11) is 0. The van der Waals surface area contributed by atoms with E-state index in [4.69, 9.17) is 4.74 Å². The second-order valence-corrected chi connectivity index (χ2v) is 13.3. The lowest BCUT2D eigenvalue weighted by Gasteiger charge is -2.47. The Bertz CT molecular complexity index is 743. The lowest BCUT2D eigenvalue weighted by Crippen LogP contribution is -2.52. The van der Waals surface area contributed by atoms with E-state index < -0.39 is 0 Å². The van der Waals surface area contributed by atoms with Crippen molar-refractivity contribution in [2.75, 3.05) is 19.6 Å². The van der Waals surface area contributed by atoms with Gasteiger partial charge >= 0.3 is 6.09 Å². The molecular formula is C30H50N2O2. The Morgan fingerprint density at radius 3 is 2.32 bits per heavy atom. The molecule has 3 atom stereocenters. The Kier molecular flexibility index (Phi) is 9.49. The Balaban J connectivity index is 1.80. The fourth-order valence-corrected chi connectivity index (χ4v) is 6.17. The van der Waals surface area contributed by atoms with E-state index in [9.17, 15) is 4.79 Å². The highest BCUT2D eigenvalue weighted by atomic mass is 16.6. The van der Waals surface area contributed by atoms with Crippen LogP contribution in [0.3, 0.4) is 0 Å². The minimum atomic E-state index is -0.113. The first-order valence-corrected chi connectivity index (χ1v) is 13.7. The molecule has 1 N–H and O–H groups in total. The minimum Gasteiger partial charge on any atom is -0.445 e. The third-order valence-electron chi connectivity index (χ3n) is 7.81. The summed E-state index contributed by atoms with van der Waals surface area (Å²) in [5.41, 5.74) is 1.68. The number of amides is 1. The van der Waals surface area contributed by atoms with Gasteiger partial charge < -0.3 is 15.0 Å². The van der Waals surface area contributed by atoms with E-state index in [1.807, 2.05) is 30.3 Å². The molecule has 34 heavy (non-hydrogen) atoms. The normalized spacial score (nSPS) is 23.5. The molecule has 2 saturated heterocycles. The lowest BCUT2D eigenvalue weighted by molar-refractivity contribution is 0.0114. The molecule has 0 bridgehead atoms. The summed E-state index contributed by atoms with van der Waals surface area (Å²) in [5.74, 6) is 1.92. The zero-order chi connectivity index (χ0) is 24.8. The zero-order valence-corrected chi connectivity index (χ0v) is 22.7. The average molecular weight is 471 g/mol. The van der Waals surface area contributed by atoms with Gasteiger partial charge in [-0.1, -0.05) is 71.9 Å². The number of hydrogen-bond acceptors (Lipinski definition) is 3. The predicted molar refractivity (Wildman–Crippen MR) is 142 cm³/mol. The van der Waals surface area contributed by atoms with Gasteiger partial charge in [0.2, 0.25) is 0 Å². The van der Waals surface area contributed by atoms with E-state index in [1.54, 1.807) is 0 Å². The van der Waals surface area contributed by atoms with Crippen molar-refractivity contribution < 1.29 is 9.53 Å². The molecule has 2 aliphatic heterocycles. The van der Waals surface area contributed by atoms with Gasteiger partial charge in [0.1, 0.15) is 6.61 Å². The monoisotopic (exact) mass is 470 g/mol. The van der Waals surface area contributed by atoms with E-state index in [1.165, 1.54) is 32.1 Å². The zero-order valence-electron chi connectivity index (χ0n) is 22.7. The molecule has 192 valence electrons. The van der Waals surface area contributed by atoms with Gasteiger partial charge in [0, 0.05) is 12.6 Å². The third kappa shape index (κ3) is 8.59. The molecule has 0 spiro atoms. The summed E-state index contributed by atoms with van der Waals surface area (Å²) in [6, 6.07) is 10.4. The van der Waals surface area contributed by atoms with E-state index in [0.717, 1.165) is 38.0 Å². The molecule has 1 amide bonds. The SMILES string of the molecule is CC(C)(C)CCC(C1CCNCC1)C1CC(CC(C)(C)C)CCN1C(=O)OCc1ccccc1. The van der Waals surface area contributed by atoms with E-state index in [-0.39, 0.29) is 12.1 Å². The molecule has 0 radical (unpaired) electrons. The highest BCUT2D eigenvalue weighted by Gasteiger charge is 2.41. The van der Waals surface area contributed by atoms with Crippen molar-refractivity contribution in [2.45, 2.75) is 99.1 Å². The molecule has 3 rings (SSSR count). The molecule has 1 aromatic rings. The number of carbonyl (C=O) groups excluding carboxylic acids is 1. The number of hydrogen-bond donors (Lipinski definition) is 1. The minimum absolute atomic E-state index is 0.113. The Hall–Kier alpha value is -1.55. The molecule has 0 aliphatic carbocycles. The summed E-state index contributed by atoms with van der Waals surface area (Å²) < 4.78 is 5.89. The molecule has 0 aromatic heterocycles. The maximum absolute atomic E-state index is 13.5. The van der Waals surface area contributed by atoms with Gasteiger partial charge in [-0.2, -0.15) is 0 Å². The van der Waals surface area contributed by atoms with Crippen molar-refractivity contribution in [3.05, 3.63) is 35.9 Å². The van der Waals surface area contributed by atoms with Crippen LogP contribution < -0.4 is 5.32 Å². The number of carbonyl (C=O) groups is 1. The first-order chi connectivity index (χ1) is 16.0. The molecule has 0 saturated carbocycles. The highest BCUT2D eigenvalue weighted by Crippen LogP contribution is 2.42. The number of rotatable bonds is 7. The van der Waals surface area contributed by atoms with Crippen LogP contribution in [0.5, 0.6) is 0 Å². The van der Waals surface area contributed by atoms with Crippen LogP contribution in [0.25, 0.3) is 0 Å². The Morgan fingerprint density at radius 1 is 1.03 bits per heavy atom. The van der Waals surface area contributed by atoms with E-state index in [0.29, 0.717) is 35.2 Å². The standard InChI is InChI=1S/C30H50N2O2/c1-29(2,3)16-12-26(25-13-17-31-18-14-25)27-20-24(21-30(4,5)6)15-19-32(27)28(33)34-22-23-10-8-7-9-11-23/h7-11,24-27,31H,12-22H2,1-6H3. The lowest BCUT2D eigenvalue weighted by atomic mass is 9.69. The van der Waals surface area contributed by atoms with Gasteiger partial charge in [0.05, 0.1) is 0 Å². The Morgan fingerprint density at radius 2 is 1.71 bits per heavy atom. The van der Waals surface area contributed by atoms with Crippen LogP contribution in [0.15, 0.2) is 30.3 Å². The van der Waals surface area contributed by atoms with Gasteiger partial charge in [-0.05, 0) is 92.2 Å². The number of likely N-dealkylation sites (tertiary alicyclic amines) is 1. The third-order valence-corrected chi connectivity index (χ3v) is 7.81. The molecular weight excluding hydrogens is 420 g/mol. The van der Waals surface area contributed by atoms with Crippen molar-refractivity contribution >= 4 is 6.09 Å². The number of nitrogens with one attached hydrogen (secondary N) is 1. The van der Waals surface area contributed by atoms with E-state index >= 15 is 0 Å². The van der Waals surface area contributed by atoms with Crippen molar-refractivity contribution in [1.29, 1.82) is 0 Å². The second kappa shape index (κ2) is 11.9. The summed E-state index contributed by atoms with van der Waals surface area (Å²) >= 11 is 0. The highest BCUT2D eigenvalue weighted by molar-refractivity contribution is 5.68. The maximum atomic E-state index is 13.5. The molecule has 2 fully saturated rings. The van der Waals surface area contributed by atoms with Crippen LogP contribution in [-0.4, -0.2) is 36.7 Å². The smallest absolute Gasteiger partial charge is 0.410 e. The molecule has 1 aromatic carbocycles. The fourth-order valence-electron chi connectivity index (χ4n) is 6.17. The van der Waals surface area contributed by atoms with Crippen molar-refractivity contribution in [3.63, 3.8) is 0 Å². The summed E-state index contributed by atoms with van der Waals surface area (Å²) in [5, 5.41) is 3.55. The summed E-state index contributed by atoms with van der Waals surface area (Å²) in [6.45, 7) is 17.5. The van der Waals surface area contributed by atoms with Crippen LogP contribution in [0.2, 0.25) is 0 Å². The topological polar surface area (TPSA) is 41.6 Å². The quantitative estimate of drug-likeness (QED) is 0.455.